The molecule has 0 aliphatic heterocycles. The Kier molecular flexibility index (Phi) is 4.70. The van der Waals surface area contributed by atoms with E-state index < -0.39 is 0 Å². The van der Waals surface area contributed by atoms with E-state index in [4.69, 9.17) is 10.00 Å². The van der Waals surface area contributed by atoms with Gasteiger partial charge in [0.25, 0.3) is 0 Å². The van der Waals surface area contributed by atoms with Gasteiger partial charge in [0.2, 0.25) is 0 Å². The van der Waals surface area contributed by atoms with E-state index in [1.807, 2.05) is 26.8 Å². The highest BCUT2D eigenvalue weighted by molar-refractivity contribution is 8.00. The van der Waals surface area contributed by atoms with Crippen LogP contribution in [0.25, 0.3) is 0 Å². The molecule has 16 heavy (non-hydrogen) atoms. The van der Waals surface area contributed by atoms with Gasteiger partial charge in [-0.2, -0.15) is 5.26 Å². The van der Waals surface area contributed by atoms with Crippen molar-refractivity contribution in [1.82, 2.24) is 0 Å². The van der Waals surface area contributed by atoms with Crippen molar-refractivity contribution in [2.24, 2.45) is 0 Å². The normalized spacial score (nSPS) is 11.9. The van der Waals surface area contributed by atoms with E-state index in [-0.39, 0.29) is 5.25 Å². The largest absolute Gasteiger partial charge is 0.496 e. The highest BCUT2D eigenvalue weighted by Gasteiger charge is 2.10. The predicted molar refractivity (Wildman–Crippen MR) is 68.0 cm³/mol. The number of aryl methyl sites for hydroxylation is 2. The molecule has 1 rings (SSSR count). The number of hydrogen-bond donors (Lipinski definition) is 0. The second kappa shape index (κ2) is 5.81. The average Bonchev–Trinajstić information content (AvgIpc) is 2.29. The van der Waals surface area contributed by atoms with Crippen molar-refractivity contribution < 1.29 is 4.74 Å². The van der Waals surface area contributed by atoms with Crippen LogP contribution in [0.5, 0.6) is 5.75 Å². The number of thioether (sulfide) groups is 1. The third-order valence-corrected chi connectivity index (χ3v) is 3.89. The van der Waals surface area contributed by atoms with Crippen LogP contribution in [-0.4, -0.2) is 12.4 Å². The smallest absolute Gasteiger partial charge is 0.122 e. The molecule has 86 valence electrons. The number of ether oxygens (including phenoxy) is 1. The first-order valence-corrected chi connectivity index (χ1v) is 6.21. The Morgan fingerprint density at radius 1 is 1.38 bits per heavy atom. The fourth-order valence-electron chi connectivity index (χ4n) is 1.46. The van der Waals surface area contributed by atoms with Crippen molar-refractivity contribution in [1.29, 1.82) is 5.26 Å². The summed E-state index contributed by atoms with van der Waals surface area (Å²) < 4.78 is 5.26. The van der Waals surface area contributed by atoms with Gasteiger partial charge in [0.15, 0.2) is 0 Å². The quantitative estimate of drug-likeness (QED) is 0.746. The first-order chi connectivity index (χ1) is 7.62. The molecular weight excluding hydrogens is 218 g/mol. The molecule has 0 aromatic heterocycles. The Bertz CT molecular complexity index is 409. The van der Waals surface area contributed by atoms with Crippen molar-refractivity contribution in [3.8, 4) is 11.8 Å². The summed E-state index contributed by atoms with van der Waals surface area (Å²) in [5, 5.41) is 8.99. The summed E-state index contributed by atoms with van der Waals surface area (Å²) in [6.45, 7) is 6.11. The summed E-state index contributed by atoms with van der Waals surface area (Å²) in [5.41, 5.74) is 2.28. The molecule has 0 saturated carbocycles. The van der Waals surface area contributed by atoms with E-state index in [2.05, 4.69) is 12.1 Å². The zero-order valence-corrected chi connectivity index (χ0v) is 11.0. The van der Waals surface area contributed by atoms with Gasteiger partial charge in [0.1, 0.15) is 5.75 Å². The van der Waals surface area contributed by atoms with Gasteiger partial charge in [-0.25, -0.2) is 0 Å². The van der Waals surface area contributed by atoms with Crippen molar-refractivity contribution in [3.63, 3.8) is 0 Å². The zero-order chi connectivity index (χ0) is 12.1. The molecule has 0 aliphatic rings. The molecule has 1 aromatic carbocycles. The molecule has 0 amide bonds. The highest BCUT2D eigenvalue weighted by atomic mass is 32.2. The first kappa shape index (κ1) is 12.9. The molecule has 0 saturated heterocycles. The van der Waals surface area contributed by atoms with Gasteiger partial charge < -0.3 is 4.74 Å². The van der Waals surface area contributed by atoms with E-state index in [0.29, 0.717) is 0 Å². The minimum absolute atomic E-state index is 0.0338. The molecule has 0 radical (unpaired) electrons. The Morgan fingerprint density at radius 2 is 2.06 bits per heavy atom. The van der Waals surface area contributed by atoms with Crippen LogP contribution in [-0.2, 0) is 0 Å². The number of nitriles is 1. The minimum atomic E-state index is 0.0338. The molecular formula is C13H17NOS. The van der Waals surface area contributed by atoms with Crippen LogP contribution in [0.4, 0.5) is 0 Å². The van der Waals surface area contributed by atoms with Crippen LogP contribution in [0, 0.1) is 25.2 Å². The molecule has 1 atom stereocenters. The third kappa shape index (κ3) is 2.93. The SMILES string of the molecule is CCC(C#N)Sc1cc(C)c(OC)cc1C. The lowest BCUT2D eigenvalue weighted by Gasteiger charge is -2.12. The number of benzene rings is 1. The van der Waals surface area contributed by atoms with Gasteiger partial charge in [-0.05, 0) is 43.5 Å². The summed E-state index contributed by atoms with van der Waals surface area (Å²) in [4.78, 5) is 1.17. The van der Waals surface area contributed by atoms with E-state index in [9.17, 15) is 0 Å². The monoisotopic (exact) mass is 235 g/mol. The van der Waals surface area contributed by atoms with Crippen LogP contribution >= 0.6 is 11.8 Å². The summed E-state index contributed by atoms with van der Waals surface area (Å²) in [5.74, 6) is 0.909. The maximum absolute atomic E-state index is 8.95. The Balaban J connectivity index is 2.98. The summed E-state index contributed by atoms with van der Waals surface area (Å²) in [6.07, 6.45) is 0.867. The lowest BCUT2D eigenvalue weighted by atomic mass is 10.1. The van der Waals surface area contributed by atoms with Gasteiger partial charge >= 0.3 is 0 Å². The molecule has 2 nitrogen and oxygen atoms in total. The molecule has 0 N–H and O–H groups in total. The first-order valence-electron chi connectivity index (χ1n) is 5.33. The lowest BCUT2D eigenvalue weighted by molar-refractivity contribution is 0.411. The Hall–Kier alpha value is -1.14. The molecule has 3 heteroatoms. The van der Waals surface area contributed by atoms with Crippen LogP contribution in [0.2, 0.25) is 0 Å². The Labute approximate surface area is 102 Å². The van der Waals surface area contributed by atoms with Gasteiger partial charge in [-0.15, -0.1) is 11.8 Å². The fraction of sp³-hybridized carbons (Fsp3) is 0.462. The summed E-state index contributed by atoms with van der Waals surface area (Å²) >= 11 is 1.63. The third-order valence-electron chi connectivity index (χ3n) is 2.48. The van der Waals surface area contributed by atoms with E-state index >= 15 is 0 Å². The molecule has 1 unspecified atom stereocenters. The van der Waals surface area contributed by atoms with Crippen molar-refractivity contribution >= 4 is 11.8 Å². The van der Waals surface area contributed by atoms with E-state index in [0.717, 1.165) is 17.7 Å². The Morgan fingerprint density at radius 3 is 2.56 bits per heavy atom. The lowest BCUT2D eigenvalue weighted by Crippen LogP contribution is -1.97. The molecule has 0 spiro atoms. The van der Waals surface area contributed by atoms with Crippen LogP contribution in [0.1, 0.15) is 24.5 Å². The number of rotatable bonds is 4. The molecule has 0 fully saturated rings. The summed E-state index contributed by atoms with van der Waals surface area (Å²) in [6, 6.07) is 6.43. The van der Waals surface area contributed by atoms with Crippen LogP contribution < -0.4 is 4.74 Å². The number of nitrogens with zero attached hydrogens (tertiary/aromatic N) is 1. The minimum Gasteiger partial charge on any atom is -0.496 e. The van der Waals surface area contributed by atoms with Crippen molar-refractivity contribution in [2.75, 3.05) is 7.11 Å². The molecule has 0 heterocycles. The van der Waals surface area contributed by atoms with Crippen LogP contribution in [0.3, 0.4) is 0 Å². The molecule has 0 aliphatic carbocycles. The topological polar surface area (TPSA) is 33.0 Å². The highest BCUT2D eigenvalue weighted by Crippen LogP contribution is 2.32. The molecule has 1 aromatic rings. The molecule has 0 bridgehead atoms. The van der Waals surface area contributed by atoms with Gasteiger partial charge in [-0.3, -0.25) is 0 Å². The van der Waals surface area contributed by atoms with Gasteiger partial charge in [0.05, 0.1) is 18.4 Å². The zero-order valence-electron chi connectivity index (χ0n) is 10.2. The van der Waals surface area contributed by atoms with Crippen LogP contribution in [0.15, 0.2) is 17.0 Å². The number of methoxy groups -OCH3 is 1. The standard InChI is InChI=1S/C13H17NOS/c1-5-11(8-14)16-13-7-9(2)12(15-4)6-10(13)3/h6-7,11H,5H2,1-4H3. The van der Waals surface area contributed by atoms with Gasteiger partial charge in [-0.1, -0.05) is 6.92 Å². The van der Waals surface area contributed by atoms with E-state index in [1.165, 1.54) is 10.5 Å². The average molecular weight is 235 g/mol. The summed E-state index contributed by atoms with van der Waals surface area (Å²) in [7, 11) is 1.68. The second-order valence-electron chi connectivity index (χ2n) is 3.73. The van der Waals surface area contributed by atoms with Gasteiger partial charge in [0, 0.05) is 4.90 Å². The number of hydrogen-bond acceptors (Lipinski definition) is 3. The van der Waals surface area contributed by atoms with Crippen molar-refractivity contribution in [2.45, 2.75) is 37.3 Å². The predicted octanol–water partition coefficient (Wildman–Crippen LogP) is 3.71. The maximum atomic E-state index is 8.95. The van der Waals surface area contributed by atoms with E-state index in [1.54, 1.807) is 18.9 Å². The second-order valence-corrected chi connectivity index (χ2v) is 4.98. The maximum Gasteiger partial charge on any atom is 0.122 e. The fourth-order valence-corrected chi connectivity index (χ4v) is 2.48. The van der Waals surface area contributed by atoms with Crippen molar-refractivity contribution in [3.05, 3.63) is 23.3 Å².